The molecule has 0 bridgehead atoms. The lowest BCUT2D eigenvalue weighted by molar-refractivity contribution is -0.143. The predicted molar refractivity (Wildman–Crippen MR) is 96.5 cm³/mol. The largest absolute Gasteiger partial charge is 0.506 e. The van der Waals surface area contributed by atoms with Crippen molar-refractivity contribution in [1.82, 2.24) is 0 Å². The molecule has 0 aliphatic rings. The molecule has 0 fully saturated rings. The van der Waals surface area contributed by atoms with Crippen molar-refractivity contribution in [3.05, 3.63) is 51.5 Å². The van der Waals surface area contributed by atoms with E-state index in [4.69, 9.17) is 16.3 Å². The number of hydrogen-bond donors (Lipinski definition) is 1. The van der Waals surface area contributed by atoms with Gasteiger partial charge in [0.15, 0.2) is 5.78 Å². The number of ketones is 1. The van der Waals surface area contributed by atoms with Crippen LogP contribution in [0, 0.1) is 0 Å². The van der Waals surface area contributed by atoms with Gasteiger partial charge in [0.1, 0.15) is 5.75 Å². The van der Waals surface area contributed by atoms with Crippen molar-refractivity contribution >= 4 is 39.3 Å². The van der Waals surface area contributed by atoms with Gasteiger partial charge in [0.2, 0.25) is 0 Å². The zero-order valence-corrected chi connectivity index (χ0v) is 15.4. The van der Waals surface area contributed by atoms with E-state index in [1.165, 1.54) is 0 Å². The van der Waals surface area contributed by atoms with E-state index in [-0.39, 0.29) is 36.5 Å². The van der Waals surface area contributed by atoms with Crippen LogP contribution in [0.25, 0.3) is 11.1 Å². The number of ether oxygens (including phenoxy) is 1. The first-order valence-electron chi connectivity index (χ1n) is 7.40. The third-order valence-electron chi connectivity index (χ3n) is 3.41. The molecule has 2 aromatic rings. The molecule has 0 saturated heterocycles. The van der Waals surface area contributed by atoms with Gasteiger partial charge in [0.25, 0.3) is 0 Å². The molecule has 0 saturated carbocycles. The number of carbonyl (C=O) groups excluding carboxylic acids is 2. The molecule has 24 heavy (non-hydrogen) atoms. The Morgan fingerprint density at radius 2 is 1.92 bits per heavy atom. The minimum Gasteiger partial charge on any atom is -0.506 e. The lowest BCUT2D eigenvalue weighted by Crippen LogP contribution is -2.08. The van der Waals surface area contributed by atoms with Crippen LogP contribution in [0.15, 0.2) is 40.9 Å². The number of aromatic hydroxyl groups is 1. The Hall–Kier alpha value is -1.85. The van der Waals surface area contributed by atoms with Crippen molar-refractivity contribution in [2.24, 2.45) is 0 Å². The van der Waals surface area contributed by atoms with E-state index in [1.807, 2.05) is 18.2 Å². The average molecular weight is 412 g/mol. The summed E-state index contributed by atoms with van der Waals surface area (Å²) in [6.45, 7) is 1.97. The minimum atomic E-state index is -0.438. The zero-order chi connectivity index (χ0) is 17.7. The summed E-state index contributed by atoms with van der Waals surface area (Å²) >= 11 is 9.45. The van der Waals surface area contributed by atoms with Crippen LogP contribution >= 0.6 is 27.5 Å². The number of esters is 1. The van der Waals surface area contributed by atoms with Crippen molar-refractivity contribution in [3.8, 4) is 16.9 Å². The Kier molecular flexibility index (Phi) is 6.40. The third kappa shape index (κ3) is 4.36. The maximum Gasteiger partial charge on any atom is 0.306 e. The van der Waals surface area contributed by atoms with Gasteiger partial charge in [0.05, 0.1) is 23.1 Å². The summed E-state index contributed by atoms with van der Waals surface area (Å²) in [5, 5.41) is 10.7. The molecule has 2 rings (SSSR count). The van der Waals surface area contributed by atoms with Gasteiger partial charge in [-0.1, -0.05) is 29.8 Å². The summed E-state index contributed by atoms with van der Waals surface area (Å²) < 4.78 is 5.20. The van der Waals surface area contributed by atoms with Gasteiger partial charge in [-0.15, -0.1) is 0 Å². The second-order valence-electron chi connectivity index (χ2n) is 5.06. The van der Waals surface area contributed by atoms with Crippen molar-refractivity contribution < 1.29 is 19.4 Å². The molecule has 126 valence electrons. The summed E-state index contributed by atoms with van der Waals surface area (Å²) in [4.78, 5) is 23.8. The standard InChI is InChI=1S/C18H16BrClO4/c1-2-24-17(22)8-7-16(21)13-9-11(10-14(19)18(13)23)12-5-3-4-6-15(12)20/h3-6,9-10,23H,2,7-8H2,1H3. The van der Waals surface area contributed by atoms with Gasteiger partial charge in [0, 0.05) is 17.0 Å². The minimum absolute atomic E-state index is 0.0277. The molecule has 4 nitrogen and oxygen atoms in total. The molecular weight excluding hydrogens is 396 g/mol. The van der Waals surface area contributed by atoms with Crippen LogP contribution in [0.3, 0.4) is 0 Å². The molecule has 0 aromatic heterocycles. The molecule has 0 radical (unpaired) electrons. The first-order chi connectivity index (χ1) is 11.4. The molecule has 0 atom stereocenters. The fraction of sp³-hybridized carbons (Fsp3) is 0.222. The molecule has 0 unspecified atom stereocenters. The number of halogens is 2. The molecule has 1 N–H and O–H groups in total. The van der Waals surface area contributed by atoms with Gasteiger partial charge in [-0.25, -0.2) is 0 Å². The van der Waals surface area contributed by atoms with E-state index in [0.29, 0.717) is 15.1 Å². The van der Waals surface area contributed by atoms with Crippen LogP contribution in [-0.4, -0.2) is 23.5 Å². The number of phenols is 1. The fourth-order valence-electron chi connectivity index (χ4n) is 2.25. The second kappa shape index (κ2) is 8.31. The molecule has 0 heterocycles. The lowest BCUT2D eigenvalue weighted by Gasteiger charge is -2.11. The summed E-state index contributed by atoms with van der Waals surface area (Å²) in [5.74, 6) is -0.929. The SMILES string of the molecule is CCOC(=O)CCC(=O)c1cc(-c2ccccc2Cl)cc(Br)c1O. The highest BCUT2D eigenvalue weighted by molar-refractivity contribution is 9.10. The van der Waals surface area contributed by atoms with E-state index in [1.54, 1.807) is 25.1 Å². The Bertz CT molecular complexity index is 774. The van der Waals surface area contributed by atoms with E-state index in [9.17, 15) is 14.7 Å². The Morgan fingerprint density at radius 1 is 1.21 bits per heavy atom. The van der Waals surface area contributed by atoms with Crippen LogP contribution in [0.4, 0.5) is 0 Å². The normalized spacial score (nSPS) is 10.5. The predicted octanol–water partition coefficient (Wildman–Crippen LogP) is 5.00. The molecular formula is C18H16BrClO4. The highest BCUT2D eigenvalue weighted by Gasteiger charge is 2.18. The fourth-order valence-corrected chi connectivity index (χ4v) is 2.95. The number of hydrogen-bond acceptors (Lipinski definition) is 4. The highest BCUT2D eigenvalue weighted by atomic mass is 79.9. The zero-order valence-electron chi connectivity index (χ0n) is 13.0. The van der Waals surface area contributed by atoms with Gasteiger partial charge in [-0.2, -0.15) is 0 Å². The van der Waals surface area contributed by atoms with Crippen LogP contribution in [0.5, 0.6) is 5.75 Å². The maximum absolute atomic E-state index is 12.4. The highest BCUT2D eigenvalue weighted by Crippen LogP contribution is 2.36. The van der Waals surface area contributed by atoms with Crippen molar-refractivity contribution in [2.45, 2.75) is 19.8 Å². The van der Waals surface area contributed by atoms with Gasteiger partial charge in [-0.3, -0.25) is 9.59 Å². The smallest absolute Gasteiger partial charge is 0.306 e. The van der Waals surface area contributed by atoms with Crippen LogP contribution < -0.4 is 0 Å². The summed E-state index contributed by atoms with van der Waals surface area (Å²) in [6, 6.07) is 10.5. The van der Waals surface area contributed by atoms with Crippen molar-refractivity contribution in [2.75, 3.05) is 6.61 Å². The number of Topliss-reactive ketones (excluding diaryl/α,β-unsaturated/α-hetero) is 1. The van der Waals surface area contributed by atoms with E-state index < -0.39 is 5.97 Å². The maximum atomic E-state index is 12.4. The number of phenolic OH excluding ortho intramolecular Hbond substituents is 1. The van der Waals surface area contributed by atoms with Crippen LogP contribution in [0.1, 0.15) is 30.1 Å². The Morgan fingerprint density at radius 3 is 2.58 bits per heavy atom. The van der Waals surface area contributed by atoms with E-state index in [0.717, 1.165) is 5.56 Å². The Labute approximate surface area is 153 Å². The van der Waals surface area contributed by atoms with Gasteiger partial charge >= 0.3 is 5.97 Å². The third-order valence-corrected chi connectivity index (χ3v) is 4.34. The topological polar surface area (TPSA) is 63.6 Å². The molecule has 0 aliphatic heterocycles. The van der Waals surface area contributed by atoms with E-state index in [2.05, 4.69) is 15.9 Å². The number of carbonyl (C=O) groups is 2. The quantitative estimate of drug-likeness (QED) is 0.536. The molecule has 6 heteroatoms. The van der Waals surface area contributed by atoms with Crippen LogP contribution in [-0.2, 0) is 9.53 Å². The molecule has 0 amide bonds. The summed E-state index contributed by atoms with van der Waals surface area (Å²) in [7, 11) is 0. The average Bonchev–Trinajstić information content (AvgIpc) is 2.56. The number of benzene rings is 2. The first kappa shape index (κ1) is 18.5. The van der Waals surface area contributed by atoms with Gasteiger partial charge in [-0.05, 0) is 46.6 Å². The molecule has 0 spiro atoms. The second-order valence-corrected chi connectivity index (χ2v) is 6.32. The van der Waals surface area contributed by atoms with Crippen LogP contribution in [0.2, 0.25) is 5.02 Å². The molecule has 2 aromatic carbocycles. The summed E-state index contributed by atoms with van der Waals surface area (Å²) in [5.41, 5.74) is 1.59. The van der Waals surface area contributed by atoms with Crippen molar-refractivity contribution in [1.29, 1.82) is 0 Å². The summed E-state index contributed by atoms with van der Waals surface area (Å²) in [6.07, 6.45) is -0.0646. The van der Waals surface area contributed by atoms with Crippen molar-refractivity contribution in [3.63, 3.8) is 0 Å². The molecule has 0 aliphatic carbocycles. The van der Waals surface area contributed by atoms with E-state index >= 15 is 0 Å². The lowest BCUT2D eigenvalue weighted by atomic mass is 9.98. The first-order valence-corrected chi connectivity index (χ1v) is 8.57. The van der Waals surface area contributed by atoms with Gasteiger partial charge < -0.3 is 9.84 Å². The monoisotopic (exact) mass is 410 g/mol. The Balaban J connectivity index is 2.32. The number of rotatable bonds is 6.